The maximum atomic E-state index is 12.3. The lowest BCUT2D eigenvalue weighted by molar-refractivity contribution is -0.385. The first-order chi connectivity index (χ1) is 10.3. The van der Waals surface area contributed by atoms with Crippen molar-refractivity contribution in [2.75, 3.05) is 4.72 Å². The summed E-state index contributed by atoms with van der Waals surface area (Å²) in [6.45, 7) is 0. The summed E-state index contributed by atoms with van der Waals surface area (Å²) in [6, 6.07) is 10.6. The summed E-state index contributed by atoms with van der Waals surface area (Å²) in [5, 5.41) is 19.6. The first kappa shape index (κ1) is 15.8. The Morgan fingerprint density at radius 2 is 1.95 bits per heavy atom. The third kappa shape index (κ3) is 3.33. The number of nitro benzene ring substituents is 1. The molecule has 1 N–H and O–H groups in total. The molecular weight excluding hydrogens is 330 g/mol. The predicted octanol–water partition coefficient (Wildman–Crippen LogP) is 2.92. The highest BCUT2D eigenvalue weighted by Crippen LogP contribution is 2.26. The van der Waals surface area contributed by atoms with Crippen molar-refractivity contribution in [3.05, 3.63) is 63.2 Å². The van der Waals surface area contributed by atoms with Crippen molar-refractivity contribution in [3.63, 3.8) is 0 Å². The first-order valence-electron chi connectivity index (χ1n) is 5.80. The van der Waals surface area contributed by atoms with E-state index in [1.807, 2.05) is 6.07 Å². The molecule has 0 atom stereocenters. The van der Waals surface area contributed by atoms with E-state index >= 15 is 0 Å². The van der Waals surface area contributed by atoms with Gasteiger partial charge in [0.05, 0.1) is 32.2 Å². The number of nitriles is 1. The summed E-state index contributed by atoms with van der Waals surface area (Å²) in [6.07, 6.45) is 0. The Morgan fingerprint density at radius 3 is 2.59 bits per heavy atom. The minimum Gasteiger partial charge on any atom is -0.278 e. The second-order valence-electron chi connectivity index (χ2n) is 4.17. The Bertz CT molecular complexity index is 890. The Kier molecular flexibility index (Phi) is 4.30. The van der Waals surface area contributed by atoms with Crippen molar-refractivity contribution in [2.45, 2.75) is 4.90 Å². The Balaban J connectivity index is 2.42. The van der Waals surface area contributed by atoms with Gasteiger partial charge in [0, 0.05) is 12.1 Å². The minimum absolute atomic E-state index is 0.0206. The van der Waals surface area contributed by atoms with Gasteiger partial charge < -0.3 is 0 Å². The van der Waals surface area contributed by atoms with E-state index in [0.29, 0.717) is 0 Å². The number of halogens is 1. The molecule has 0 bridgehead atoms. The summed E-state index contributed by atoms with van der Waals surface area (Å²) in [7, 11) is -4.07. The molecule has 7 nitrogen and oxygen atoms in total. The molecule has 0 radical (unpaired) electrons. The maximum Gasteiger partial charge on any atom is 0.270 e. The highest BCUT2D eigenvalue weighted by atomic mass is 35.5. The molecule has 0 spiro atoms. The van der Waals surface area contributed by atoms with Gasteiger partial charge in [0.25, 0.3) is 15.7 Å². The highest BCUT2D eigenvalue weighted by molar-refractivity contribution is 7.92. The molecule has 0 saturated heterocycles. The molecule has 2 aromatic rings. The van der Waals surface area contributed by atoms with Gasteiger partial charge in [-0.05, 0) is 24.3 Å². The molecule has 2 aromatic carbocycles. The normalized spacial score (nSPS) is 10.7. The minimum atomic E-state index is -4.07. The zero-order chi connectivity index (χ0) is 16.3. The van der Waals surface area contributed by atoms with Gasteiger partial charge in [-0.1, -0.05) is 17.7 Å². The monoisotopic (exact) mass is 337 g/mol. The SMILES string of the molecule is N#Cc1ccc(Cl)c(NS(=O)(=O)c2cccc([N+](=O)[O-])c2)c1. The number of sulfonamides is 1. The fraction of sp³-hybridized carbons (Fsp3) is 0. The number of non-ortho nitro benzene ring substituents is 1. The van der Waals surface area contributed by atoms with Crippen LogP contribution in [0.15, 0.2) is 47.4 Å². The van der Waals surface area contributed by atoms with Crippen LogP contribution in [0.5, 0.6) is 0 Å². The van der Waals surface area contributed by atoms with E-state index in [1.54, 1.807) is 0 Å². The van der Waals surface area contributed by atoms with Gasteiger partial charge in [0.2, 0.25) is 0 Å². The first-order valence-corrected chi connectivity index (χ1v) is 7.66. The van der Waals surface area contributed by atoms with Crippen LogP contribution in [0.1, 0.15) is 5.56 Å². The third-order valence-corrected chi connectivity index (χ3v) is 4.37. The van der Waals surface area contributed by atoms with Crippen LogP contribution < -0.4 is 4.72 Å². The lowest BCUT2D eigenvalue weighted by Gasteiger charge is -2.09. The average Bonchev–Trinajstić information content (AvgIpc) is 2.49. The summed E-state index contributed by atoms with van der Waals surface area (Å²) in [4.78, 5) is 9.74. The number of nitrogens with one attached hydrogen (secondary N) is 1. The van der Waals surface area contributed by atoms with Gasteiger partial charge in [-0.3, -0.25) is 14.8 Å². The van der Waals surface area contributed by atoms with Gasteiger partial charge >= 0.3 is 0 Å². The molecule has 0 aromatic heterocycles. The maximum absolute atomic E-state index is 12.3. The van der Waals surface area contributed by atoms with Crippen LogP contribution in [-0.4, -0.2) is 13.3 Å². The Labute approximate surface area is 131 Å². The fourth-order valence-electron chi connectivity index (χ4n) is 1.64. The molecule has 0 amide bonds. The number of nitro groups is 1. The van der Waals surface area contributed by atoms with Crippen molar-refractivity contribution in [2.24, 2.45) is 0 Å². The molecule has 0 heterocycles. The van der Waals surface area contributed by atoms with Crippen molar-refractivity contribution in [3.8, 4) is 6.07 Å². The topological polar surface area (TPSA) is 113 Å². The molecule has 0 aliphatic heterocycles. The summed E-state index contributed by atoms with van der Waals surface area (Å²) in [5.41, 5.74) is -0.104. The fourth-order valence-corrected chi connectivity index (χ4v) is 2.97. The highest BCUT2D eigenvalue weighted by Gasteiger charge is 2.19. The van der Waals surface area contributed by atoms with Crippen molar-refractivity contribution < 1.29 is 13.3 Å². The molecule has 0 saturated carbocycles. The van der Waals surface area contributed by atoms with Crippen molar-refractivity contribution in [1.82, 2.24) is 0 Å². The smallest absolute Gasteiger partial charge is 0.270 e. The van der Waals surface area contributed by atoms with Gasteiger partial charge in [-0.25, -0.2) is 8.42 Å². The number of hydrogen-bond acceptors (Lipinski definition) is 5. The van der Waals surface area contributed by atoms with Gasteiger partial charge in [-0.2, -0.15) is 5.26 Å². The number of anilines is 1. The summed E-state index contributed by atoms with van der Waals surface area (Å²) in [5.74, 6) is 0. The molecule has 112 valence electrons. The molecule has 22 heavy (non-hydrogen) atoms. The van der Waals surface area contributed by atoms with E-state index in [4.69, 9.17) is 16.9 Å². The molecular formula is C13H8ClN3O4S. The second kappa shape index (κ2) is 6.01. The second-order valence-corrected chi connectivity index (χ2v) is 6.26. The van der Waals surface area contributed by atoms with Crippen molar-refractivity contribution >= 4 is 33.0 Å². The van der Waals surface area contributed by atoms with Gasteiger partial charge in [0.1, 0.15) is 0 Å². The molecule has 0 aliphatic carbocycles. The van der Waals surface area contributed by atoms with Crippen molar-refractivity contribution in [1.29, 1.82) is 5.26 Å². The standard InChI is InChI=1S/C13H8ClN3O4S/c14-12-5-4-9(8-15)6-13(12)16-22(20,21)11-3-1-2-10(7-11)17(18)19/h1-7,16H. The van der Waals surface area contributed by atoms with E-state index in [1.165, 1.54) is 36.4 Å². The number of nitrogens with zero attached hydrogens (tertiary/aromatic N) is 2. The van der Waals surface area contributed by atoms with Crippen LogP contribution in [0.25, 0.3) is 0 Å². The Hall–Kier alpha value is -2.63. The van der Waals surface area contributed by atoms with Crippen LogP contribution >= 0.6 is 11.6 Å². The van der Waals surface area contributed by atoms with E-state index in [-0.39, 0.29) is 26.9 Å². The number of rotatable bonds is 4. The molecule has 2 rings (SSSR count). The quantitative estimate of drug-likeness (QED) is 0.680. The van der Waals surface area contributed by atoms with Crippen LogP contribution in [0.4, 0.5) is 11.4 Å². The zero-order valence-corrected chi connectivity index (χ0v) is 12.4. The van der Waals surface area contributed by atoms with E-state index in [0.717, 1.165) is 6.07 Å². The van der Waals surface area contributed by atoms with Gasteiger partial charge in [-0.15, -0.1) is 0 Å². The van der Waals surface area contributed by atoms with E-state index in [2.05, 4.69) is 4.72 Å². The summed E-state index contributed by atoms with van der Waals surface area (Å²) >= 11 is 5.88. The van der Waals surface area contributed by atoms with E-state index < -0.39 is 14.9 Å². The van der Waals surface area contributed by atoms with Gasteiger partial charge in [0.15, 0.2) is 0 Å². The van der Waals surface area contributed by atoms with Crippen LogP contribution in [-0.2, 0) is 10.0 Å². The zero-order valence-electron chi connectivity index (χ0n) is 10.9. The average molecular weight is 338 g/mol. The van der Waals surface area contributed by atoms with Crippen LogP contribution in [0.3, 0.4) is 0 Å². The van der Waals surface area contributed by atoms with E-state index in [9.17, 15) is 18.5 Å². The number of hydrogen-bond donors (Lipinski definition) is 1. The molecule has 0 unspecified atom stereocenters. The molecule has 9 heteroatoms. The lowest BCUT2D eigenvalue weighted by atomic mass is 10.2. The largest absolute Gasteiger partial charge is 0.278 e. The molecule has 0 fully saturated rings. The lowest BCUT2D eigenvalue weighted by Crippen LogP contribution is -2.13. The third-order valence-electron chi connectivity index (χ3n) is 2.68. The van der Waals surface area contributed by atoms with Crippen LogP contribution in [0, 0.1) is 21.4 Å². The van der Waals surface area contributed by atoms with Crippen LogP contribution in [0.2, 0.25) is 5.02 Å². The Morgan fingerprint density at radius 1 is 1.23 bits per heavy atom. The summed E-state index contributed by atoms with van der Waals surface area (Å²) < 4.78 is 26.7. The molecule has 0 aliphatic rings. The predicted molar refractivity (Wildman–Crippen MR) is 80.1 cm³/mol. The number of benzene rings is 2.